The molecule has 1 aromatic heterocycles. The molecule has 3 aromatic rings. The summed E-state index contributed by atoms with van der Waals surface area (Å²) in [5, 5.41) is 2.65. The summed E-state index contributed by atoms with van der Waals surface area (Å²) in [5.74, 6) is -0.757. The summed E-state index contributed by atoms with van der Waals surface area (Å²) >= 11 is 0. The first-order valence-electron chi connectivity index (χ1n) is 7.99. The van der Waals surface area contributed by atoms with Crippen LogP contribution in [0.4, 0.5) is 17.6 Å². The van der Waals surface area contributed by atoms with Gasteiger partial charge in [0, 0.05) is 12.1 Å². The highest BCUT2D eigenvalue weighted by atomic mass is 19.4. The van der Waals surface area contributed by atoms with Gasteiger partial charge in [0.2, 0.25) is 5.89 Å². The molecule has 3 rings (SSSR count). The van der Waals surface area contributed by atoms with Crippen molar-refractivity contribution in [2.24, 2.45) is 0 Å². The molecule has 2 aromatic carbocycles. The second kappa shape index (κ2) is 7.61. The summed E-state index contributed by atoms with van der Waals surface area (Å²) in [6.45, 7) is 0.312. The van der Waals surface area contributed by atoms with E-state index in [1.165, 1.54) is 24.3 Å². The molecule has 8 heteroatoms. The molecule has 0 atom stereocenters. The Bertz CT molecular complexity index is 916. The van der Waals surface area contributed by atoms with Crippen molar-refractivity contribution in [3.05, 3.63) is 77.4 Å². The first-order valence-corrected chi connectivity index (χ1v) is 7.99. The lowest BCUT2D eigenvalue weighted by molar-refractivity contribution is -0.137. The average Bonchev–Trinajstić information content (AvgIpc) is 3.13. The monoisotopic (exact) mass is 378 g/mol. The van der Waals surface area contributed by atoms with Crippen LogP contribution < -0.4 is 5.32 Å². The molecule has 140 valence electrons. The maximum atomic E-state index is 12.8. The van der Waals surface area contributed by atoms with Crippen LogP contribution in [0.2, 0.25) is 0 Å². The van der Waals surface area contributed by atoms with Crippen molar-refractivity contribution in [3.63, 3.8) is 0 Å². The van der Waals surface area contributed by atoms with Crippen molar-refractivity contribution < 1.29 is 26.8 Å². The van der Waals surface area contributed by atoms with E-state index in [0.29, 0.717) is 18.5 Å². The summed E-state index contributed by atoms with van der Waals surface area (Å²) in [4.78, 5) is 16.1. The van der Waals surface area contributed by atoms with Crippen LogP contribution in [0.5, 0.6) is 0 Å². The number of amides is 1. The molecule has 4 nitrogen and oxygen atoms in total. The number of carbonyl (C=O) groups excluding carboxylic acids is 1. The van der Waals surface area contributed by atoms with Gasteiger partial charge in [0.25, 0.3) is 5.91 Å². The Morgan fingerprint density at radius 3 is 2.33 bits per heavy atom. The normalized spacial score (nSPS) is 11.4. The number of aromatic nitrogens is 1. The molecule has 1 amide bonds. The number of nitrogens with zero attached hydrogens (tertiary/aromatic N) is 1. The van der Waals surface area contributed by atoms with Gasteiger partial charge in [-0.25, -0.2) is 9.37 Å². The van der Waals surface area contributed by atoms with Crippen LogP contribution in [-0.2, 0) is 12.6 Å². The fraction of sp³-hybridized carbons (Fsp3) is 0.158. The van der Waals surface area contributed by atoms with E-state index in [2.05, 4.69) is 10.3 Å². The van der Waals surface area contributed by atoms with Crippen molar-refractivity contribution in [2.45, 2.75) is 12.6 Å². The zero-order chi connectivity index (χ0) is 19.4. The van der Waals surface area contributed by atoms with Gasteiger partial charge in [-0.05, 0) is 48.4 Å². The third-order valence-electron chi connectivity index (χ3n) is 3.81. The number of hydrogen-bond acceptors (Lipinski definition) is 3. The summed E-state index contributed by atoms with van der Waals surface area (Å²) in [6.07, 6.45) is -2.78. The predicted octanol–water partition coefficient (Wildman–Crippen LogP) is 4.47. The minimum Gasteiger partial charge on any atom is -0.444 e. The van der Waals surface area contributed by atoms with Crippen LogP contribution in [0, 0.1) is 5.82 Å². The molecule has 0 aliphatic rings. The maximum Gasteiger partial charge on any atom is 0.416 e. The molecule has 0 radical (unpaired) electrons. The number of benzene rings is 2. The van der Waals surface area contributed by atoms with Crippen molar-refractivity contribution >= 4 is 5.91 Å². The van der Waals surface area contributed by atoms with E-state index in [9.17, 15) is 22.4 Å². The second-order valence-electron chi connectivity index (χ2n) is 5.75. The van der Waals surface area contributed by atoms with Crippen LogP contribution in [0.15, 0.2) is 59.2 Å². The fourth-order valence-corrected chi connectivity index (χ4v) is 2.37. The highest BCUT2D eigenvalue weighted by Gasteiger charge is 2.30. The minimum absolute atomic E-state index is 0.0176. The quantitative estimate of drug-likeness (QED) is 0.667. The molecular weight excluding hydrogens is 364 g/mol. The molecule has 27 heavy (non-hydrogen) atoms. The molecule has 0 saturated carbocycles. The van der Waals surface area contributed by atoms with Gasteiger partial charge in [-0.15, -0.1) is 0 Å². The van der Waals surface area contributed by atoms with Crippen LogP contribution in [0.25, 0.3) is 11.5 Å². The topological polar surface area (TPSA) is 55.1 Å². The molecule has 0 fully saturated rings. The van der Waals surface area contributed by atoms with Gasteiger partial charge in [0.15, 0.2) is 5.69 Å². The first kappa shape index (κ1) is 18.6. The van der Waals surface area contributed by atoms with E-state index in [4.69, 9.17) is 4.42 Å². The zero-order valence-electron chi connectivity index (χ0n) is 13.9. The molecular formula is C19H14F4N2O2. The fourth-order valence-electron chi connectivity index (χ4n) is 2.37. The Labute approximate surface area is 151 Å². The van der Waals surface area contributed by atoms with Gasteiger partial charge >= 0.3 is 6.18 Å². The standard InChI is InChI=1S/C19H14F4N2O2/c20-15-7-1-12(2-8-15)9-10-24-17(26)16-11-27-18(25-16)13-3-5-14(6-4-13)19(21,22)23/h1-8,11H,9-10H2,(H,24,26). The highest BCUT2D eigenvalue weighted by molar-refractivity contribution is 5.92. The molecule has 0 saturated heterocycles. The number of oxazole rings is 1. The first-order chi connectivity index (χ1) is 12.8. The Hall–Kier alpha value is -3.16. The average molecular weight is 378 g/mol. The van der Waals surface area contributed by atoms with Gasteiger partial charge in [0.05, 0.1) is 5.56 Å². The van der Waals surface area contributed by atoms with Crippen molar-refractivity contribution in [2.75, 3.05) is 6.54 Å². The van der Waals surface area contributed by atoms with Gasteiger partial charge in [0.1, 0.15) is 12.1 Å². The van der Waals surface area contributed by atoms with E-state index in [-0.39, 0.29) is 17.4 Å². The third-order valence-corrected chi connectivity index (χ3v) is 3.81. The Morgan fingerprint density at radius 2 is 1.70 bits per heavy atom. The van der Waals surface area contributed by atoms with E-state index >= 15 is 0 Å². The van der Waals surface area contributed by atoms with Crippen LogP contribution in [0.1, 0.15) is 21.6 Å². The molecule has 0 bridgehead atoms. The Morgan fingerprint density at radius 1 is 1.04 bits per heavy atom. The summed E-state index contributed by atoms with van der Waals surface area (Å²) in [6, 6.07) is 10.2. The third kappa shape index (κ3) is 4.72. The van der Waals surface area contributed by atoms with Crippen LogP contribution in [0.3, 0.4) is 0 Å². The number of carbonyl (C=O) groups is 1. The number of nitrogens with one attached hydrogen (secondary N) is 1. The minimum atomic E-state index is -4.43. The molecule has 1 N–H and O–H groups in total. The van der Waals surface area contributed by atoms with Crippen LogP contribution in [-0.4, -0.2) is 17.4 Å². The lowest BCUT2D eigenvalue weighted by atomic mass is 10.1. The van der Waals surface area contributed by atoms with Gasteiger partial charge in [-0.1, -0.05) is 12.1 Å². The van der Waals surface area contributed by atoms with E-state index in [1.807, 2.05) is 0 Å². The van der Waals surface area contributed by atoms with Crippen molar-refractivity contribution in [1.82, 2.24) is 10.3 Å². The Balaban J connectivity index is 1.59. The largest absolute Gasteiger partial charge is 0.444 e. The summed E-state index contributed by atoms with van der Waals surface area (Å²) in [7, 11) is 0. The number of alkyl halides is 3. The summed E-state index contributed by atoms with van der Waals surface area (Å²) < 4.78 is 55.8. The highest BCUT2D eigenvalue weighted by Crippen LogP contribution is 2.30. The van der Waals surface area contributed by atoms with E-state index in [0.717, 1.165) is 24.0 Å². The smallest absolute Gasteiger partial charge is 0.416 e. The zero-order valence-corrected chi connectivity index (χ0v) is 13.9. The SMILES string of the molecule is O=C(NCCc1ccc(F)cc1)c1coc(-c2ccc(C(F)(F)F)cc2)n1. The van der Waals surface area contributed by atoms with Gasteiger partial charge in [-0.3, -0.25) is 4.79 Å². The van der Waals surface area contributed by atoms with Crippen molar-refractivity contribution in [3.8, 4) is 11.5 Å². The van der Waals surface area contributed by atoms with Crippen molar-refractivity contribution in [1.29, 1.82) is 0 Å². The second-order valence-corrected chi connectivity index (χ2v) is 5.75. The lowest BCUT2D eigenvalue weighted by Crippen LogP contribution is -2.25. The maximum absolute atomic E-state index is 12.8. The molecule has 0 aliphatic heterocycles. The van der Waals surface area contributed by atoms with Gasteiger partial charge < -0.3 is 9.73 Å². The van der Waals surface area contributed by atoms with Crippen LogP contribution >= 0.6 is 0 Å². The number of hydrogen-bond donors (Lipinski definition) is 1. The molecule has 1 heterocycles. The van der Waals surface area contributed by atoms with E-state index < -0.39 is 17.6 Å². The number of rotatable bonds is 5. The number of halogens is 4. The lowest BCUT2D eigenvalue weighted by Gasteiger charge is -2.06. The molecule has 0 unspecified atom stereocenters. The Kier molecular flexibility index (Phi) is 5.25. The molecule has 0 aliphatic carbocycles. The molecule has 0 spiro atoms. The van der Waals surface area contributed by atoms with E-state index in [1.54, 1.807) is 12.1 Å². The van der Waals surface area contributed by atoms with Gasteiger partial charge in [-0.2, -0.15) is 13.2 Å². The predicted molar refractivity (Wildman–Crippen MR) is 89.4 cm³/mol. The summed E-state index contributed by atoms with van der Waals surface area (Å²) in [5.41, 5.74) is 0.427.